The summed E-state index contributed by atoms with van der Waals surface area (Å²) in [6, 6.07) is 13.1. The molecular formula is C29H28N4O4. The standard InChI is InChI=1S/C29H28N4O4/c1-18-15-32(17-30-18)25-10-9-19(13-26(25)36-2)12-20-6-5-11-33-21(16-37-31-29(20)33)14-24-27(34)22-7-3-4-8-23(22)28(24)35/h3-4,7-10,12-13,15,17,21,24H,5-6,11,14,16H2,1-2H3/b20-12+/t21-/m0/s1. The van der Waals surface area contributed by atoms with E-state index in [-0.39, 0.29) is 17.6 Å². The zero-order chi connectivity index (χ0) is 25.5. The summed E-state index contributed by atoms with van der Waals surface area (Å²) in [4.78, 5) is 38.2. The summed E-state index contributed by atoms with van der Waals surface area (Å²) in [5.74, 6) is 0.696. The second-order valence-corrected chi connectivity index (χ2v) is 9.75. The average Bonchev–Trinajstić information content (AvgIpc) is 3.46. The fraction of sp³-hybridized carbons (Fsp3) is 0.310. The molecule has 1 aromatic heterocycles. The molecular weight excluding hydrogens is 468 g/mol. The third-order valence-electron chi connectivity index (χ3n) is 7.40. The maximum atomic E-state index is 13.0. The van der Waals surface area contributed by atoms with E-state index in [1.54, 1.807) is 37.7 Å². The van der Waals surface area contributed by atoms with E-state index in [1.165, 1.54) is 0 Å². The minimum atomic E-state index is -0.664. The van der Waals surface area contributed by atoms with Crippen LogP contribution in [0.15, 0.2) is 65.7 Å². The van der Waals surface area contributed by atoms with E-state index in [4.69, 9.17) is 9.57 Å². The Morgan fingerprint density at radius 2 is 1.92 bits per heavy atom. The lowest BCUT2D eigenvalue weighted by Gasteiger charge is -2.40. The van der Waals surface area contributed by atoms with Crippen LogP contribution in [0.3, 0.4) is 0 Å². The molecule has 0 bridgehead atoms. The molecule has 3 aliphatic rings. The lowest BCUT2D eigenvalue weighted by molar-refractivity contribution is 0.0455. The minimum absolute atomic E-state index is 0.0855. The van der Waals surface area contributed by atoms with Crippen LogP contribution in [0.4, 0.5) is 0 Å². The third-order valence-corrected chi connectivity index (χ3v) is 7.40. The zero-order valence-electron chi connectivity index (χ0n) is 20.9. The number of ketones is 2. The van der Waals surface area contributed by atoms with Crippen molar-refractivity contribution >= 4 is 23.5 Å². The van der Waals surface area contributed by atoms with Gasteiger partial charge in [0.05, 0.1) is 36.8 Å². The highest BCUT2D eigenvalue weighted by molar-refractivity contribution is 6.26. The quantitative estimate of drug-likeness (QED) is 0.485. The number of carbonyl (C=O) groups excluding carboxylic acids is 2. The van der Waals surface area contributed by atoms with Crippen LogP contribution in [0.2, 0.25) is 0 Å². The monoisotopic (exact) mass is 496 g/mol. The van der Waals surface area contributed by atoms with Gasteiger partial charge in [-0.15, -0.1) is 0 Å². The van der Waals surface area contributed by atoms with Crippen molar-refractivity contribution in [2.75, 3.05) is 20.3 Å². The van der Waals surface area contributed by atoms with Gasteiger partial charge in [0.2, 0.25) is 0 Å². The highest BCUT2D eigenvalue weighted by atomic mass is 16.6. The van der Waals surface area contributed by atoms with Gasteiger partial charge in [0, 0.05) is 23.9 Å². The molecule has 2 aromatic carbocycles. The van der Waals surface area contributed by atoms with Crippen molar-refractivity contribution in [3.05, 3.63) is 82.9 Å². The summed E-state index contributed by atoms with van der Waals surface area (Å²) in [5.41, 5.74) is 4.98. The molecule has 0 saturated carbocycles. The Bertz CT molecular complexity index is 1420. The highest BCUT2D eigenvalue weighted by Crippen LogP contribution is 2.34. The topological polar surface area (TPSA) is 86.0 Å². The van der Waals surface area contributed by atoms with Gasteiger partial charge in [0.1, 0.15) is 12.4 Å². The third kappa shape index (κ3) is 4.12. The van der Waals surface area contributed by atoms with Crippen LogP contribution in [0, 0.1) is 12.8 Å². The number of oxime groups is 1. The van der Waals surface area contributed by atoms with Gasteiger partial charge >= 0.3 is 0 Å². The van der Waals surface area contributed by atoms with E-state index in [0.717, 1.165) is 53.5 Å². The van der Waals surface area contributed by atoms with Crippen LogP contribution in [0.1, 0.15) is 51.2 Å². The Labute approximate surface area is 215 Å². The zero-order valence-corrected chi connectivity index (χ0v) is 20.9. The minimum Gasteiger partial charge on any atom is -0.495 e. The Hall–Kier alpha value is -4.20. The van der Waals surface area contributed by atoms with Crippen LogP contribution in [0.25, 0.3) is 11.8 Å². The molecule has 1 aliphatic carbocycles. The molecule has 1 fully saturated rings. The van der Waals surface area contributed by atoms with Crippen molar-refractivity contribution in [2.24, 2.45) is 11.1 Å². The van der Waals surface area contributed by atoms with E-state index >= 15 is 0 Å². The summed E-state index contributed by atoms with van der Waals surface area (Å²) in [5, 5.41) is 4.40. The number of nitrogens with zero attached hydrogens (tertiary/aromatic N) is 4. The van der Waals surface area contributed by atoms with Crippen LogP contribution in [-0.2, 0) is 4.84 Å². The fourth-order valence-electron chi connectivity index (χ4n) is 5.56. The molecule has 3 aromatic rings. The average molecular weight is 497 g/mol. The molecule has 1 atom stereocenters. The molecule has 0 spiro atoms. The summed E-state index contributed by atoms with van der Waals surface area (Å²) < 4.78 is 7.62. The molecule has 0 amide bonds. The van der Waals surface area contributed by atoms with E-state index in [1.807, 2.05) is 35.9 Å². The van der Waals surface area contributed by atoms with Crippen molar-refractivity contribution in [1.29, 1.82) is 0 Å². The first-order valence-corrected chi connectivity index (χ1v) is 12.6. The maximum absolute atomic E-state index is 13.0. The van der Waals surface area contributed by atoms with E-state index < -0.39 is 5.92 Å². The lowest BCUT2D eigenvalue weighted by atomic mass is 9.91. The summed E-state index contributed by atoms with van der Waals surface area (Å²) >= 11 is 0. The molecule has 1 saturated heterocycles. The number of benzene rings is 2. The summed E-state index contributed by atoms with van der Waals surface area (Å²) in [6.45, 7) is 3.12. The smallest absolute Gasteiger partial charge is 0.174 e. The molecule has 0 unspecified atom stereocenters. The van der Waals surface area contributed by atoms with Crippen molar-refractivity contribution in [3.8, 4) is 11.4 Å². The molecule has 0 N–H and O–H groups in total. The molecule has 6 rings (SSSR count). The molecule has 0 radical (unpaired) electrons. The Morgan fingerprint density at radius 3 is 2.62 bits per heavy atom. The number of methoxy groups -OCH3 is 1. The number of rotatable bonds is 5. The van der Waals surface area contributed by atoms with Gasteiger partial charge in [-0.25, -0.2) is 4.98 Å². The number of amidine groups is 1. The highest BCUT2D eigenvalue weighted by Gasteiger charge is 2.42. The number of fused-ring (bicyclic) bond motifs is 2. The van der Waals surface area contributed by atoms with E-state index in [2.05, 4.69) is 21.1 Å². The predicted octanol–water partition coefficient (Wildman–Crippen LogP) is 4.47. The summed E-state index contributed by atoms with van der Waals surface area (Å²) in [6.07, 6.45) is 8.09. The normalized spacial score (nSPS) is 20.5. The van der Waals surface area contributed by atoms with Gasteiger partial charge in [-0.3, -0.25) is 9.59 Å². The molecule has 188 valence electrons. The second-order valence-electron chi connectivity index (χ2n) is 9.75. The Kier molecular flexibility index (Phi) is 5.87. The van der Waals surface area contributed by atoms with Gasteiger partial charge in [-0.2, -0.15) is 0 Å². The number of imidazole rings is 1. The first-order valence-electron chi connectivity index (χ1n) is 12.6. The van der Waals surface area contributed by atoms with Gasteiger partial charge in [-0.05, 0) is 55.5 Å². The number of Topliss-reactive ketones (excluding diaryl/α,β-unsaturated/α-hetero) is 2. The predicted molar refractivity (Wildman–Crippen MR) is 139 cm³/mol. The van der Waals surface area contributed by atoms with Crippen molar-refractivity contribution < 1.29 is 19.2 Å². The van der Waals surface area contributed by atoms with Crippen LogP contribution < -0.4 is 4.74 Å². The van der Waals surface area contributed by atoms with Gasteiger partial charge in [-0.1, -0.05) is 35.5 Å². The van der Waals surface area contributed by atoms with Crippen molar-refractivity contribution in [1.82, 2.24) is 14.5 Å². The number of piperidine rings is 1. The van der Waals surface area contributed by atoms with Gasteiger partial charge in [0.15, 0.2) is 17.4 Å². The number of hydrogen-bond acceptors (Lipinski definition) is 7. The van der Waals surface area contributed by atoms with Crippen LogP contribution in [-0.4, -0.2) is 58.2 Å². The first kappa shape index (κ1) is 23.2. The van der Waals surface area contributed by atoms with Crippen LogP contribution in [0.5, 0.6) is 5.75 Å². The lowest BCUT2D eigenvalue weighted by Crippen LogP contribution is -2.50. The number of hydrogen-bond donors (Lipinski definition) is 0. The largest absolute Gasteiger partial charge is 0.495 e. The van der Waals surface area contributed by atoms with Crippen LogP contribution >= 0.6 is 0 Å². The Morgan fingerprint density at radius 1 is 1.14 bits per heavy atom. The molecule has 8 heteroatoms. The van der Waals surface area contributed by atoms with Crippen molar-refractivity contribution in [2.45, 2.75) is 32.2 Å². The number of aromatic nitrogens is 2. The molecule has 37 heavy (non-hydrogen) atoms. The first-order chi connectivity index (χ1) is 18.0. The van der Waals surface area contributed by atoms with E-state index in [9.17, 15) is 9.59 Å². The van der Waals surface area contributed by atoms with Crippen molar-refractivity contribution in [3.63, 3.8) is 0 Å². The summed E-state index contributed by atoms with van der Waals surface area (Å²) in [7, 11) is 1.66. The number of carbonyl (C=O) groups is 2. The Balaban J connectivity index is 1.24. The molecule has 2 aliphatic heterocycles. The maximum Gasteiger partial charge on any atom is 0.174 e. The van der Waals surface area contributed by atoms with Gasteiger partial charge < -0.3 is 19.0 Å². The number of ether oxygens (including phenoxy) is 1. The molecule has 3 heterocycles. The van der Waals surface area contributed by atoms with Gasteiger partial charge in [0.25, 0.3) is 0 Å². The molecule has 8 nitrogen and oxygen atoms in total. The van der Waals surface area contributed by atoms with E-state index in [0.29, 0.717) is 24.2 Å². The second kappa shape index (κ2) is 9.35. The fourth-order valence-corrected chi connectivity index (χ4v) is 5.56. The number of aryl methyl sites for hydroxylation is 1. The SMILES string of the molecule is COc1cc(/C=C2\CCCN3C2=NOC[C@@H]3CC2C(=O)c3ccccc3C2=O)ccc1-n1cnc(C)c1.